The summed E-state index contributed by atoms with van der Waals surface area (Å²) >= 11 is 0. The number of hydrogen-bond donors (Lipinski definition) is 2. The fourth-order valence-electron chi connectivity index (χ4n) is 3.05. The van der Waals surface area contributed by atoms with Gasteiger partial charge in [-0.1, -0.05) is 31.0 Å². The van der Waals surface area contributed by atoms with E-state index in [-0.39, 0.29) is 18.2 Å². The van der Waals surface area contributed by atoms with E-state index < -0.39 is 29.7 Å². The number of rotatable bonds is 5. The van der Waals surface area contributed by atoms with Gasteiger partial charge in [0, 0.05) is 12.6 Å². The number of halogens is 3. The van der Waals surface area contributed by atoms with Crippen molar-refractivity contribution in [2.45, 2.75) is 57.4 Å². The minimum absolute atomic E-state index is 0.0610. The maximum Gasteiger partial charge on any atom is 0.416 e. The standard InChI is InChI=1S/C18H24F3N3O2/c1-12(16(25)23-17(26)22-14-8-4-5-9-14)24(2)11-13-7-3-6-10-15(13)18(19,20)21/h3,6-7,10,12,14H,4-5,8-9,11H2,1-2H3,(H2,22,23,25,26). The van der Waals surface area contributed by atoms with E-state index >= 15 is 0 Å². The first-order chi connectivity index (χ1) is 12.2. The number of benzene rings is 1. The maximum absolute atomic E-state index is 13.1. The summed E-state index contributed by atoms with van der Waals surface area (Å²) in [6, 6.07) is 4.02. The molecule has 2 rings (SSSR count). The predicted octanol–water partition coefficient (Wildman–Crippen LogP) is 3.29. The van der Waals surface area contributed by atoms with Crippen molar-refractivity contribution in [3.63, 3.8) is 0 Å². The minimum atomic E-state index is -4.45. The molecule has 1 aromatic carbocycles. The molecule has 1 unspecified atom stereocenters. The molecule has 144 valence electrons. The summed E-state index contributed by atoms with van der Waals surface area (Å²) in [5.41, 5.74) is -0.643. The summed E-state index contributed by atoms with van der Waals surface area (Å²) in [4.78, 5) is 25.5. The molecule has 8 heteroatoms. The SMILES string of the molecule is CC(C(=O)NC(=O)NC1CCCC1)N(C)Cc1ccccc1C(F)(F)F. The number of nitrogens with zero attached hydrogens (tertiary/aromatic N) is 1. The van der Waals surface area contributed by atoms with Crippen molar-refractivity contribution in [2.24, 2.45) is 0 Å². The number of amides is 3. The third kappa shape index (κ3) is 5.45. The fraction of sp³-hybridized carbons (Fsp3) is 0.556. The minimum Gasteiger partial charge on any atom is -0.335 e. The number of carbonyl (C=O) groups excluding carboxylic acids is 2. The Morgan fingerprint density at radius 2 is 1.85 bits per heavy atom. The van der Waals surface area contributed by atoms with E-state index in [1.54, 1.807) is 14.0 Å². The van der Waals surface area contributed by atoms with Crippen molar-refractivity contribution in [1.29, 1.82) is 0 Å². The number of likely N-dealkylation sites (N-methyl/N-ethyl adjacent to an activating group) is 1. The molecule has 0 radical (unpaired) electrons. The Bertz CT molecular complexity index is 643. The number of urea groups is 1. The normalized spacial score (nSPS) is 16.5. The molecule has 1 aliphatic rings. The molecule has 1 atom stereocenters. The molecule has 0 bridgehead atoms. The molecule has 0 spiro atoms. The van der Waals surface area contributed by atoms with Gasteiger partial charge in [0.15, 0.2) is 0 Å². The van der Waals surface area contributed by atoms with Crippen molar-refractivity contribution in [1.82, 2.24) is 15.5 Å². The van der Waals surface area contributed by atoms with Crippen LogP contribution < -0.4 is 10.6 Å². The van der Waals surface area contributed by atoms with E-state index in [9.17, 15) is 22.8 Å². The Balaban J connectivity index is 1.93. The van der Waals surface area contributed by atoms with E-state index in [1.165, 1.54) is 23.1 Å². The highest BCUT2D eigenvalue weighted by molar-refractivity contribution is 5.96. The molecule has 1 saturated carbocycles. The fourth-order valence-corrected chi connectivity index (χ4v) is 3.05. The van der Waals surface area contributed by atoms with Gasteiger partial charge in [0.25, 0.3) is 0 Å². The molecule has 26 heavy (non-hydrogen) atoms. The van der Waals surface area contributed by atoms with Crippen molar-refractivity contribution in [2.75, 3.05) is 7.05 Å². The van der Waals surface area contributed by atoms with Crippen LogP contribution in [0.15, 0.2) is 24.3 Å². The average molecular weight is 371 g/mol. The molecular weight excluding hydrogens is 347 g/mol. The summed E-state index contributed by atoms with van der Waals surface area (Å²) in [5.74, 6) is -0.549. The van der Waals surface area contributed by atoms with Crippen molar-refractivity contribution >= 4 is 11.9 Å². The topological polar surface area (TPSA) is 61.4 Å². The van der Waals surface area contributed by atoms with Gasteiger partial charge in [-0.25, -0.2) is 4.79 Å². The molecule has 2 N–H and O–H groups in total. The second kappa shape index (κ2) is 8.53. The lowest BCUT2D eigenvalue weighted by atomic mass is 10.1. The monoisotopic (exact) mass is 371 g/mol. The second-order valence-corrected chi connectivity index (χ2v) is 6.69. The third-order valence-electron chi connectivity index (χ3n) is 4.71. The maximum atomic E-state index is 13.1. The number of hydrogen-bond acceptors (Lipinski definition) is 3. The van der Waals surface area contributed by atoms with Gasteiger partial charge in [0.1, 0.15) is 0 Å². The first kappa shape index (κ1) is 20.2. The predicted molar refractivity (Wildman–Crippen MR) is 91.3 cm³/mol. The van der Waals surface area contributed by atoms with E-state index in [4.69, 9.17) is 0 Å². The molecule has 0 heterocycles. The number of imide groups is 1. The van der Waals surface area contributed by atoms with Crippen molar-refractivity contribution in [3.8, 4) is 0 Å². The van der Waals surface area contributed by atoms with Crippen LogP contribution in [-0.2, 0) is 17.5 Å². The molecule has 1 aromatic rings. The Morgan fingerprint density at radius 1 is 1.23 bits per heavy atom. The van der Waals surface area contributed by atoms with Crippen LogP contribution >= 0.6 is 0 Å². The van der Waals surface area contributed by atoms with E-state index in [0.29, 0.717) is 0 Å². The zero-order valence-corrected chi connectivity index (χ0v) is 14.9. The highest BCUT2D eigenvalue weighted by Crippen LogP contribution is 2.32. The Hall–Kier alpha value is -2.09. The van der Waals surface area contributed by atoms with Crippen LogP contribution in [0.25, 0.3) is 0 Å². The van der Waals surface area contributed by atoms with Crippen LogP contribution in [-0.4, -0.2) is 36.0 Å². The smallest absolute Gasteiger partial charge is 0.335 e. The van der Waals surface area contributed by atoms with Crippen LogP contribution in [0.2, 0.25) is 0 Å². The van der Waals surface area contributed by atoms with Gasteiger partial charge >= 0.3 is 12.2 Å². The molecule has 3 amide bonds. The zero-order chi connectivity index (χ0) is 19.3. The van der Waals surface area contributed by atoms with Gasteiger partial charge in [-0.2, -0.15) is 13.2 Å². The van der Waals surface area contributed by atoms with Gasteiger partial charge in [-0.05, 0) is 38.4 Å². The van der Waals surface area contributed by atoms with Crippen LogP contribution in [0.4, 0.5) is 18.0 Å². The first-order valence-corrected chi connectivity index (χ1v) is 8.65. The lowest BCUT2D eigenvalue weighted by molar-refractivity contribution is -0.138. The number of carbonyl (C=O) groups is 2. The van der Waals surface area contributed by atoms with Gasteiger partial charge in [-0.3, -0.25) is 15.0 Å². The van der Waals surface area contributed by atoms with Crippen molar-refractivity contribution in [3.05, 3.63) is 35.4 Å². The highest BCUT2D eigenvalue weighted by atomic mass is 19.4. The van der Waals surface area contributed by atoms with Crippen molar-refractivity contribution < 1.29 is 22.8 Å². The zero-order valence-electron chi connectivity index (χ0n) is 14.9. The summed E-state index contributed by atoms with van der Waals surface area (Å²) < 4.78 is 39.2. The first-order valence-electron chi connectivity index (χ1n) is 8.65. The van der Waals surface area contributed by atoms with Gasteiger partial charge in [-0.15, -0.1) is 0 Å². The molecule has 0 aromatic heterocycles. The summed E-state index contributed by atoms with van der Waals surface area (Å²) in [6.45, 7) is 1.49. The summed E-state index contributed by atoms with van der Waals surface area (Å²) in [5, 5.41) is 5.01. The van der Waals surface area contributed by atoms with E-state index in [1.807, 2.05) is 0 Å². The molecule has 0 saturated heterocycles. The molecule has 0 aliphatic heterocycles. The summed E-state index contributed by atoms with van der Waals surface area (Å²) in [6.07, 6.45) is -0.562. The van der Waals surface area contributed by atoms with E-state index in [2.05, 4.69) is 10.6 Å². The largest absolute Gasteiger partial charge is 0.416 e. The van der Waals surface area contributed by atoms with Gasteiger partial charge in [0.2, 0.25) is 5.91 Å². The lowest BCUT2D eigenvalue weighted by Gasteiger charge is -2.25. The molecule has 5 nitrogen and oxygen atoms in total. The van der Waals surface area contributed by atoms with Crippen LogP contribution in [0.3, 0.4) is 0 Å². The average Bonchev–Trinajstić information content (AvgIpc) is 3.06. The van der Waals surface area contributed by atoms with Crippen LogP contribution in [0.5, 0.6) is 0 Å². The van der Waals surface area contributed by atoms with E-state index in [0.717, 1.165) is 31.7 Å². The quantitative estimate of drug-likeness (QED) is 0.835. The Labute approximate surface area is 150 Å². The Kier molecular flexibility index (Phi) is 6.63. The van der Waals surface area contributed by atoms with Crippen LogP contribution in [0.1, 0.15) is 43.7 Å². The molecular formula is C18H24F3N3O2. The lowest BCUT2D eigenvalue weighted by Crippen LogP contribution is -2.50. The molecule has 1 fully saturated rings. The second-order valence-electron chi connectivity index (χ2n) is 6.69. The Morgan fingerprint density at radius 3 is 2.46 bits per heavy atom. The van der Waals surface area contributed by atoms with Gasteiger partial charge < -0.3 is 5.32 Å². The highest BCUT2D eigenvalue weighted by Gasteiger charge is 2.33. The van der Waals surface area contributed by atoms with Crippen LogP contribution in [0, 0.1) is 0 Å². The third-order valence-corrected chi connectivity index (χ3v) is 4.71. The number of nitrogens with one attached hydrogen (secondary N) is 2. The molecule has 1 aliphatic carbocycles. The van der Waals surface area contributed by atoms with Gasteiger partial charge in [0.05, 0.1) is 11.6 Å². The summed E-state index contributed by atoms with van der Waals surface area (Å²) in [7, 11) is 1.55. The number of alkyl halides is 3.